The van der Waals surface area contributed by atoms with E-state index in [2.05, 4.69) is 50.7 Å². The van der Waals surface area contributed by atoms with Crippen LogP contribution in [0.15, 0.2) is 53.4 Å². The lowest BCUT2D eigenvalue weighted by Gasteiger charge is -2.36. The van der Waals surface area contributed by atoms with Gasteiger partial charge in [-0.1, -0.05) is 24.3 Å². The maximum absolute atomic E-state index is 12.9. The average molecular weight is 424 g/mol. The number of carbonyl (C=O) groups excluding carboxylic acids is 1. The van der Waals surface area contributed by atoms with Gasteiger partial charge in [0.25, 0.3) is 5.88 Å². The summed E-state index contributed by atoms with van der Waals surface area (Å²) in [7, 11) is 0. The number of nitrogens with one attached hydrogen (secondary N) is 1. The van der Waals surface area contributed by atoms with Gasteiger partial charge in [-0.2, -0.15) is 0 Å². The van der Waals surface area contributed by atoms with E-state index in [1.165, 1.54) is 10.6 Å². The highest BCUT2D eigenvalue weighted by Gasteiger charge is 2.24. The lowest BCUT2D eigenvalue weighted by Crippen LogP contribution is -2.50. The molecule has 7 nitrogen and oxygen atoms in total. The largest absolute Gasteiger partial charge is 0.475 e. The standard InChI is InChI=1S/C22H25N5O2S/c1-3-29-21-20(23-16-8-4-5-9-17(16)24-21)25-22(28)27-14-12-26(13-15-27)18-10-6-7-11-19(18)30-2/h4-11H,3,12-15H2,1-2H3,(H,23,25,28). The highest BCUT2D eigenvalue weighted by molar-refractivity contribution is 7.98. The number of benzene rings is 2. The molecule has 8 heteroatoms. The first-order chi connectivity index (χ1) is 14.7. The molecule has 1 fully saturated rings. The summed E-state index contributed by atoms with van der Waals surface area (Å²) in [4.78, 5) is 27.3. The minimum absolute atomic E-state index is 0.182. The Kier molecular flexibility index (Phi) is 6.23. The van der Waals surface area contributed by atoms with E-state index in [1.54, 1.807) is 11.8 Å². The Morgan fingerprint density at radius 2 is 1.70 bits per heavy atom. The summed E-state index contributed by atoms with van der Waals surface area (Å²) in [6, 6.07) is 15.7. The van der Waals surface area contributed by atoms with Gasteiger partial charge in [-0.3, -0.25) is 5.32 Å². The summed E-state index contributed by atoms with van der Waals surface area (Å²) in [5, 5.41) is 2.90. The Morgan fingerprint density at radius 3 is 2.40 bits per heavy atom. The number of nitrogens with zero attached hydrogens (tertiary/aromatic N) is 4. The van der Waals surface area contributed by atoms with Crippen LogP contribution in [0.2, 0.25) is 0 Å². The van der Waals surface area contributed by atoms with E-state index < -0.39 is 0 Å². The van der Waals surface area contributed by atoms with Crippen LogP contribution in [-0.2, 0) is 0 Å². The van der Waals surface area contributed by atoms with Crippen LogP contribution in [0.5, 0.6) is 5.88 Å². The Bertz CT molecular complexity index is 1040. The van der Waals surface area contributed by atoms with Gasteiger partial charge < -0.3 is 14.5 Å². The van der Waals surface area contributed by atoms with Crippen molar-refractivity contribution in [2.75, 3.05) is 49.3 Å². The number of urea groups is 1. The minimum Gasteiger partial charge on any atom is -0.475 e. The Morgan fingerprint density at radius 1 is 1.03 bits per heavy atom. The molecule has 0 spiro atoms. The van der Waals surface area contributed by atoms with Gasteiger partial charge in [0.1, 0.15) is 0 Å². The maximum Gasteiger partial charge on any atom is 0.323 e. The quantitative estimate of drug-likeness (QED) is 0.623. The number of anilines is 2. The number of amides is 2. The van der Waals surface area contributed by atoms with Crippen LogP contribution >= 0.6 is 11.8 Å². The lowest BCUT2D eigenvalue weighted by molar-refractivity contribution is 0.207. The molecule has 3 aromatic rings. The average Bonchev–Trinajstić information content (AvgIpc) is 2.79. The van der Waals surface area contributed by atoms with E-state index in [4.69, 9.17) is 4.74 Å². The predicted molar refractivity (Wildman–Crippen MR) is 122 cm³/mol. The van der Waals surface area contributed by atoms with Gasteiger partial charge in [0, 0.05) is 31.1 Å². The van der Waals surface area contributed by atoms with Crippen LogP contribution in [0.1, 0.15) is 6.92 Å². The Balaban J connectivity index is 1.45. The second-order valence-corrected chi connectivity index (χ2v) is 7.72. The fourth-order valence-corrected chi connectivity index (χ4v) is 4.15. The third-order valence-corrected chi connectivity index (χ3v) is 5.82. The normalized spacial score (nSPS) is 14.1. The van der Waals surface area contributed by atoms with E-state index in [-0.39, 0.29) is 6.03 Å². The van der Waals surface area contributed by atoms with Crippen LogP contribution in [0, 0.1) is 0 Å². The molecule has 1 aliphatic rings. The zero-order valence-electron chi connectivity index (χ0n) is 17.2. The molecule has 2 heterocycles. The van der Waals surface area contributed by atoms with Gasteiger partial charge in [0.2, 0.25) is 0 Å². The van der Waals surface area contributed by atoms with Crippen molar-refractivity contribution in [1.29, 1.82) is 0 Å². The molecule has 0 unspecified atom stereocenters. The number of aromatic nitrogens is 2. The highest BCUT2D eigenvalue weighted by Crippen LogP contribution is 2.29. The summed E-state index contributed by atoms with van der Waals surface area (Å²) in [6.07, 6.45) is 2.09. The molecule has 156 valence electrons. The SMILES string of the molecule is CCOc1nc2ccccc2nc1NC(=O)N1CCN(c2ccccc2SC)CC1. The summed E-state index contributed by atoms with van der Waals surface area (Å²) < 4.78 is 5.62. The van der Waals surface area contributed by atoms with Crippen molar-refractivity contribution < 1.29 is 9.53 Å². The number of piperazine rings is 1. The van der Waals surface area contributed by atoms with Crippen molar-refractivity contribution in [2.24, 2.45) is 0 Å². The highest BCUT2D eigenvalue weighted by atomic mass is 32.2. The van der Waals surface area contributed by atoms with Gasteiger partial charge in [-0.25, -0.2) is 14.8 Å². The number of hydrogen-bond donors (Lipinski definition) is 1. The molecule has 0 bridgehead atoms. The van der Waals surface area contributed by atoms with E-state index >= 15 is 0 Å². The van der Waals surface area contributed by atoms with Gasteiger partial charge in [-0.15, -0.1) is 11.8 Å². The number of thioether (sulfide) groups is 1. The molecule has 2 aromatic carbocycles. The van der Waals surface area contributed by atoms with E-state index in [0.29, 0.717) is 31.4 Å². The second kappa shape index (κ2) is 9.21. The molecular weight excluding hydrogens is 398 g/mol. The summed E-state index contributed by atoms with van der Waals surface area (Å²) in [6.45, 7) is 5.18. The number of para-hydroxylation sites is 3. The zero-order chi connectivity index (χ0) is 20.9. The third-order valence-electron chi connectivity index (χ3n) is 5.04. The van der Waals surface area contributed by atoms with E-state index in [9.17, 15) is 4.79 Å². The fraction of sp³-hybridized carbons (Fsp3) is 0.318. The van der Waals surface area contributed by atoms with Crippen LogP contribution < -0.4 is 15.0 Å². The number of fused-ring (bicyclic) bond motifs is 1. The van der Waals surface area contributed by atoms with Crippen LogP contribution in [-0.4, -0.2) is 59.9 Å². The molecule has 30 heavy (non-hydrogen) atoms. The van der Waals surface area contributed by atoms with Gasteiger partial charge in [0.15, 0.2) is 5.82 Å². The van der Waals surface area contributed by atoms with Gasteiger partial charge >= 0.3 is 6.03 Å². The van der Waals surface area contributed by atoms with Gasteiger partial charge in [-0.05, 0) is 37.4 Å². The van der Waals surface area contributed by atoms with Gasteiger partial charge in [0.05, 0.1) is 23.3 Å². The first kappa shape index (κ1) is 20.3. The molecular formula is C22H25N5O2S. The predicted octanol–water partition coefficient (Wildman–Crippen LogP) is 4.10. The van der Waals surface area contributed by atoms with Crippen molar-refractivity contribution in [1.82, 2.24) is 14.9 Å². The fourth-order valence-electron chi connectivity index (χ4n) is 3.52. The second-order valence-electron chi connectivity index (χ2n) is 6.88. The molecule has 0 saturated carbocycles. The molecule has 0 atom stereocenters. The first-order valence-corrected chi connectivity index (χ1v) is 11.3. The summed E-state index contributed by atoms with van der Waals surface area (Å²) in [5.74, 6) is 0.702. The Labute approximate surface area is 180 Å². The molecule has 0 aliphatic carbocycles. The van der Waals surface area contributed by atoms with E-state index in [1.807, 2.05) is 36.1 Å². The summed E-state index contributed by atoms with van der Waals surface area (Å²) >= 11 is 1.74. The van der Waals surface area contributed by atoms with Crippen molar-refractivity contribution in [3.05, 3.63) is 48.5 Å². The van der Waals surface area contributed by atoms with Crippen LogP contribution in [0.4, 0.5) is 16.3 Å². The van der Waals surface area contributed by atoms with Crippen molar-refractivity contribution in [3.8, 4) is 5.88 Å². The maximum atomic E-state index is 12.9. The molecule has 0 radical (unpaired) electrons. The van der Waals surface area contributed by atoms with Crippen molar-refractivity contribution in [3.63, 3.8) is 0 Å². The van der Waals surface area contributed by atoms with Crippen molar-refractivity contribution in [2.45, 2.75) is 11.8 Å². The first-order valence-electron chi connectivity index (χ1n) is 10.0. The zero-order valence-corrected chi connectivity index (χ0v) is 18.0. The monoisotopic (exact) mass is 423 g/mol. The van der Waals surface area contributed by atoms with Crippen molar-refractivity contribution >= 4 is 40.3 Å². The number of rotatable bonds is 5. The smallest absolute Gasteiger partial charge is 0.323 e. The lowest BCUT2D eigenvalue weighted by atomic mass is 10.2. The third kappa shape index (κ3) is 4.28. The molecule has 2 amide bonds. The number of carbonyl (C=O) groups is 1. The van der Waals surface area contributed by atoms with Crippen LogP contribution in [0.3, 0.4) is 0 Å². The number of ether oxygens (including phenoxy) is 1. The molecule has 1 saturated heterocycles. The molecule has 4 rings (SSSR count). The number of hydrogen-bond acceptors (Lipinski definition) is 6. The minimum atomic E-state index is -0.182. The van der Waals surface area contributed by atoms with Crippen LogP contribution in [0.25, 0.3) is 11.0 Å². The molecule has 1 N–H and O–H groups in total. The Hall–Kier alpha value is -3.00. The molecule has 1 aromatic heterocycles. The summed E-state index contributed by atoms with van der Waals surface area (Å²) in [5.41, 5.74) is 2.68. The van der Waals surface area contributed by atoms with E-state index in [0.717, 1.165) is 24.1 Å². The molecule has 1 aliphatic heterocycles. The topological polar surface area (TPSA) is 70.6 Å².